The monoisotopic (exact) mass is 2040 g/mol. The van der Waals surface area contributed by atoms with E-state index in [0.717, 1.165) is 10.3 Å². The van der Waals surface area contributed by atoms with Crippen molar-refractivity contribution in [2.75, 3.05) is 63.9 Å². The highest BCUT2D eigenvalue weighted by molar-refractivity contribution is 8.76. The molecule has 15 amide bonds. The zero-order valence-corrected chi connectivity index (χ0v) is 80.7. The maximum Gasteiger partial charge on any atom is 0.326 e. The van der Waals surface area contributed by atoms with Gasteiger partial charge in [-0.05, 0) is 174 Å². The number of carboxylic acid groups (broad SMARTS) is 2. The number of phenols is 2. The number of nitrogens with zero attached hydrogens (tertiary/aromatic N) is 1. The number of primary amides is 1. The number of guanidine groups is 5. The third-order valence-electron chi connectivity index (χ3n) is 22.8. The fourth-order valence-electron chi connectivity index (χ4n) is 15.3. The van der Waals surface area contributed by atoms with Crippen molar-refractivity contribution >= 4 is 157 Å². The first-order valence-electron chi connectivity index (χ1n) is 46.6. The predicted molar refractivity (Wildman–Crippen MR) is 532 cm³/mol. The number of hydrogen-bond donors (Lipinski definition) is 35. The van der Waals surface area contributed by atoms with Crippen LogP contribution in [0.15, 0.2) is 91.0 Å². The van der Waals surface area contributed by atoms with Gasteiger partial charge in [-0.3, -0.25) is 94.2 Å². The molecule has 0 aromatic heterocycles. The number of carbonyl (C=O) groups excluding carboxylic acids is 14. The van der Waals surface area contributed by atoms with Crippen LogP contribution in [0.5, 0.6) is 11.5 Å². The van der Waals surface area contributed by atoms with Crippen molar-refractivity contribution in [1.29, 1.82) is 27.0 Å². The first kappa shape index (κ1) is 117. The van der Waals surface area contributed by atoms with E-state index < -0.39 is 247 Å². The first-order chi connectivity index (χ1) is 68.1. The van der Waals surface area contributed by atoms with Gasteiger partial charge in [0.05, 0.1) is 6.04 Å². The van der Waals surface area contributed by atoms with Gasteiger partial charge >= 0.3 is 18.0 Å². The number of urea groups is 1. The van der Waals surface area contributed by atoms with Crippen LogP contribution in [0.1, 0.15) is 139 Å². The quantitative estimate of drug-likeness (QED) is 0.00847. The molecule has 784 valence electrons. The van der Waals surface area contributed by atoms with Gasteiger partial charge < -0.3 is 167 Å². The van der Waals surface area contributed by atoms with Crippen LogP contribution in [0.25, 0.3) is 10.8 Å². The molecule has 6 rings (SSSR count). The summed E-state index contributed by atoms with van der Waals surface area (Å²) in [6.45, 7) is -0.497. The van der Waals surface area contributed by atoms with Crippen LogP contribution in [0.3, 0.4) is 0 Å². The van der Waals surface area contributed by atoms with Gasteiger partial charge in [0.1, 0.15) is 90.0 Å². The average molecular weight is 2040 g/mol. The van der Waals surface area contributed by atoms with E-state index in [-0.39, 0.29) is 185 Å². The number of amides is 15. The number of aromatic hydroxyl groups is 2. The topological polar surface area (TPSA) is 901 Å². The molecule has 0 radical (unpaired) electrons. The standard InChI is InChI=1S/C89H136N32O20S2/c90-34-4-3-15-56-73(129)114-61(32-33-69(124)125)82(138)121-41-11-21-68(121)81(137)118-64(44-49-25-30-54(123)31-26-49)77(133)113-59(18-8-38-106-87(98)99)72(128)111-60(19-9-40-108-89(102)141)75(131)119-66(79(135)115-62(83(139)140)20-10-39-107-88(100)101)46-142-143-47-67(80(136)117-63(43-48-23-28-53(122)29-24-48)76(132)112-58(71(127)110-56)17-7-37-105-86(96)97)120-78(134)65(45-50-22-27-51-12-1-2-13-52(51)42-50)116-74(130)57(16-6-36-104-85(94)95)109-70(126)55(91)14-5-35-103-84(92)93/h1-2,12-13,22-31,42,55-68,122-123H,3-11,14-21,32-41,43-47,90-91H2,(H,109,126)(H,110,127)(H,111,128)(H,112,132)(H,113,133)(H,114,129)(H,115,135)(H,116,130)(H,117,136)(H,118,137)(H,119,131)(H,120,134)(H,124,125)(H,139,140)(H4,92,93,103)(H4,94,95,104)(H4,96,97,105)(H4,98,99,106)(H4,100,101,107)(H3,102,108,141)/t55-,56-,57-,58-,59-,60-,61+,62-,63-,64-,65-,66-,67-,68-/m0/s1. The predicted octanol–water partition coefficient (Wildman–Crippen LogP) is -6.35. The number of phenolic OH excluding ortho intramolecular Hbond substituents is 2. The maximum absolute atomic E-state index is 16.0. The van der Waals surface area contributed by atoms with E-state index in [2.05, 4.69) is 95.7 Å². The van der Waals surface area contributed by atoms with Gasteiger partial charge in [0, 0.05) is 83.0 Å². The zero-order valence-electron chi connectivity index (χ0n) is 79.1. The molecule has 14 atom stereocenters. The molecule has 0 aliphatic carbocycles. The van der Waals surface area contributed by atoms with Crippen LogP contribution in [-0.2, 0) is 91.2 Å². The highest BCUT2D eigenvalue weighted by atomic mass is 33.1. The zero-order chi connectivity index (χ0) is 105. The smallest absolute Gasteiger partial charge is 0.326 e. The van der Waals surface area contributed by atoms with Crippen LogP contribution in [-0.4, -0.2) is 298 Å². The van der Waals surface area contributed by atoms with Crippen molar-refractivity contribution in [3.05, 3.63) is 108 Å². The Morgan fingerprint density at radius 2 is 0.846 bits per heavy atom. The Hall–Kier alpha value is -15.0. The summed E-state index contributed by atoms with van der Waals surface area (Å²) in [6, 6.07) is -1.80. The molecule has 143 heavy (non-hydrogen) atoms. The van der Waals surface area contributed by atoms with E-state index in [1.807, 2.05) is 6.07 Å². The molecule has 2 aliphatic rings. The lowest BCUT2D eigenvalue weighted by Crippen LogP contribution is -2.61. The number of fused-ring (bicyclic) bond motifs is 2. The molecule has 0 bridgehead atoms. The summed E-state index contributed by atoms with van der Waals surface area (Å²) in [5, 5.41) is 129. The highest BCUT2D eigenvalue weighted by Gasteiger charge is 2.43. The summed E-state index contributed by atoms with van der Waals surface area (Å²) < 4.78 is 0. The van der Waals surface area contributed by atoms with Crippen molar-refractivity contribution < 1.29 is 97.1 Å². The van der Waals surface area contributed by atoms with E-state index in [0.29, 0.717) is 38.1 Å². The van der Waals surface area contributed by atoms with Crippen molar-refractivity contribution in [3.63, 3.8) is 0 Å². The van der Waals surface area contributed by atoms with Crippen LogP contribution in [0.2, 0.25) is 0 Å². The van der Waals surface area contributed by atoms with Gasteiger partial charge in [0.15, 0.2) is 29.8 Å². The Labute approximate surface area is 832 Å². The summed E-state index contributed by atoms with van der Waals surface area (Å²) in [5.41, 5.74) is 46.6. The van der Waals surface area contributed by atoms with Crippen LogP contribution < -0.4 is 142 Å². The molecule has 4 aromatic carbocycles. The second kappa shape index (κ2) is 61.6. The lowest BCUT2D eigenvalue weighted by atomic mass is 10.00. The van der Waals surface area contributed by atoms with Crippen molar-refractivity contribution in [3.8, 4) is 11.5 Å². The molecule has 2 fully saturated rings. The molecule has 52 nitrogen and oxygen atoms in total. The van der Waals surface area contributed by atoms with Crippen LogP contribution in [0, 0.1) is 27.0 Å². The molecular formula is C89H136N32O20S2. The maximum atomic E-state index is 16.0. The average Bonchev–Trinajstić information content (AvgIpc) is 1.77. The van der Waals surface area contributed by atoms with Gasteiger partial charge in [0.25, 0.3) is 0 Å². The normalized spacial score (nSPS) is 20.2. The van der Waals surface area contributed by atoms with Gasteiger partial charge in [-0.1, -0.05) is 88.3 Å². The number of carbonyl (C=O) groups is 16. The van der Waals surface area contributed by atoms with E-state index in [4.69, 9.17) is 72.9 Å². The molecule has 54 heteroatoms. The first-order valence-corrected chi connectivity index (χ1v) is 49.1. The molecule has 2 aliphatic heterocycles. The lowest BCUT2D eigenvalue weighted by molar-refractivity contribution is -0.143. The SMILES string of the molecule is N=C(N)NCCC[C@H](NC(=O)[C@@H]1CSSC[C@H](NC(=O)[C@H](Cc2ccc3ccccc3c2)NC(=O)[C@H](CCCNC(=N)N)NC(=O)[C@@H](N)CCCNC(=N)N)C(=O)N[C@@H](Cc2ccc(O)cc2)C(=O)N[C@@H](CCCNC(=N)N)C(=O)N[C@@H](CCCCN)C(=O)N[C@H](CCC(=O)O)C(=O)N2CCC[C@H]2C(=O)N[C@@H](Cc2ccc(O)cc2)C(=O)N[C@@H](CCCNC(=N)N)C(=O)N[C@@H](CCCNC(N)=O)C(=O)N1)C(=O)O. The van der Waals surface area contributed by atoms with Crippen LogP contribution in [0.4, 0.5) is 4.79 Å². The number of hydrogen-bond acceptors (Lipinski definition) is 27. The van der Waals surface area contributed by atoms with Gasteiger partial charge in [-0.2, -0.15) is 0 Å². The third-order valence-corrected chi connectivity index (χ3v) is 25.2. The van der Waals surface area contributed by atoms with Gasteiger partial charge in [0.2, 0.25) is 76.8 Å². The summed E-state index contributed by atoms with van der Waals surface area (Å²) in [6.07, 6.45) is -4.13. The molecule has 0 unspecified atom stereocenters. The van der Waals surface area contributed by atoms with E-state index >= 15 is 57.5 Å². The Bertz CT molecular complexity index is 5050. The van der Waals surface area contributed by atoms with E-state index in [9.17, 15) is 39.6 Å². The molecule has 43 N–H and O–H groups in total. The summed E-state index contributed by atoms with van der Waals surface area (Å²) in [4.78, 5) is 237. The minimum Gasteiger partial charge on any atom is -0.508 e. The van der Waals surface area contributed by atoms with E-state index in [1.165, 1.54) is 48.5 Å². The fraction of sp³-hybridized carbons (Fsp3) is 0.517. The molecular weight excluding hydrogens is 1900 g/mol. The third kappa shape index (κ3) is 43.3. The number of nitrogens with one attached hydrogen (secondary N) is 23. The van der Waals surface area contributed by atoms with Crippen molar-refractivity contribution in [1.82, 2.24) is 101 Å². The molecule has 2 saturated heterocycles. The Kier molecular flexibility index (Phi) is 50.3. The molecule has 2 heterocycles. The number of benzene rings is 4. The van der Waals surface area contributed by atoms with Crippen LogP contribution >= 0.6 is 21.6 Å². The lowest BCUT2D eigenvalue weighted by Gasteiger charge is -2.31. The molecule has 0 spiro atoms. The summed E-state index contributed by atoms with van der Waals surface area (Å²) >= 11 is 0. The van der Waals surface area contributed by atoms with E-state index in [1.54, 1.807) is 36.4 Å². The second-order valence-corrected chi connectivity index (χ2v) is 36.7. The van der Waals surface area contributed by atoms with Crippen molar-refractivity contribution in [2.24, 2.45) is 45.9 Å². The minimum atomic E-state index is -1.93. The highest BCUT2D eigenvalue weighted by Crippen LogP contribution is 2.27. The van der Waals surface area contributed by atoms with Gasteiger partial charge in [-0.15, -0.1) is 0 Å². The minimum absolute atomic E-state index is 0.00181. The van der Waals surface area contributed by atoms with Gasteiger partial charge in [-0.25, -0.2) is 9.59 Å². The largest absolute Gasteiger partial charge is 0.508 e. The number of unbranched alkanes of at least 4 members (excludes halogenated alkanes) is 1. The Morgan fingerprint density at radius 3 is 1.33 bits per heavy atom. The number of aliphatic carboxylic acids is 2. The summed E-state index contributed by atoms with van der Waals surface area (Å²) in [5.74, 6) is -20.9. The Morgan fingerprint density at radius 1 is 0.427 bits per heavy atom. The number of carboxylic acids is 2. The second-order valence-electron chi connectivity index (χ2n) is 34.1. The summed E-state index contributed by atoms with van der Waals surface area (Å²) in [7, 11) is 1.43. The molecule has 4 aromatic rings. The van der Waals surface area contributed by atoms with Crippen molar-refractivity contribution in [2.45, 2.75) is 226 Å². The Balaban J connectivity index is 1.62. The molecule has 0 saturated carbocycles. The number of rotatable bonds is 46. The number of nitrogens with two attached hydrogens (primary N) is 8. The fourth-order valence-corrected chi connectivity index (χ4v) is 17.6.